The van der Waals surface area contributed by atoms with Crippen molar-refractivity contribution < 1.29 is 0 Å². The van der Waals surface area contributed by atoms with Crippen LogP contribution in [0, 0.1) is 0 Å². The number of fused-ring (bicyclic) bond motifs is 14. The molecule has 0 saturated heterocycles. The van der Waals surface area contributed by atoms with Crippen LogP contribution in [0.25, 0.3) is 105 Å². The summed E-state index contributed by atoms with van der Waals surface area (Å²) < 4.78 is 6.96. The van der Waals surface area contributed by atoms with E-state index in [4.69, 9.17) is 15.0 Å². The number of aromatic nitrogens is 6. The van der Waals surface area contributed by atoms with E-state index in [-0.39, 0.29) is 0 Å². The number of para-hydroxylation sites is 5. The topological polar surface area (TPSA) is 52.9 Å². The molecule has 0 fully saturated rings. The second-order valence-corrected chi connectivity index (χ2v) is 13.7. The van der Waals surface area contributed by atoms with Gasteiger partial charge in [0.05, 0.1) is 38.8 Å². The molecule has 53 heavy (non-hydrogen) atoms. The molecule has 5 aromatic heterocycles. The zero-order valence-corrected chi connectivity index (χ0v) is 28.3. The molecule has 0 bridgehead atoms. The third-order valence-electron chi connectivity index (χ3n) is 10.8. The minimum Gasteiger partial charge on any atom is -0.309 e. The number of hydrogen-bond donors (Lipinski definition) is 0. The molecule has 0 aliphatic heterocycles. The van der Waals surface area contributed by atoms with Gasteiger partial charge in [-0.05, 0) is 53.9 Å². The summed E-state index contributed by atoms with van der Waals surface area (Å²) in [6.45, 7) is 0. The van der Waals surface area contributed by atoms with Gasteiger partial charge in [0, 0.05) is 43.6 Å². The fourth-order valence-corrected chi connectivity index (χ4v) is 8.58. The molecule has 0 spiro atoms. The molecule has 0 aliphatic rings. The molecule has 5 heterocycles. The van der Waals surface area contributed by atoms with E-state index < -0.39 is 0 Å². The number of nitrogens with zero attached hydrogens (tertiary/aromatic N) is 6. The Hall–Kier alpha value is -7.31. The fraction of sp³-hybridized carbons (Fsp3) is 0. The highest BCUT2D eigenvalue weighted by Crippen LogP contribution is 2.42. The Morgan fingerprint density at radius 3 is 1.72 bits per heavy atom. The average Bonchev–Trinajstić information content (AvgIpc) is 3.89. The van der Waals surface area contributed by atoms with E-state index in [1.165, 1.54) is 21.8 Å². The fourth-order valence-electron chi connectivity index (χ4n) is 8.58. The first-order valence-corrected chi connectivity index (χ1v) is 17.9. The second kappa shape index (κ2) is 10.6. The third kappa shape index (κ3) is 3.89. The summed E-state index contributed by atoms with van der Waals surface area (Å²) in [4.78, 5) is 16.0. The van der Waals surface area contributed by atoms with Crippen molar-refractivity contribution in [1.82, 2.24) is 28.5 Å². The van der Waals surface area contributed by atoms with E-state index in [1.54, 1.807) is 0 Å². The Labute approximate surface area is 302 Å². The van der Waals surface area contributed by atoms with E-state index >= 15 is 0 Å². The lowest BCUT2D eigenvalue weighted by Crippen LogP contribution is -2.06. The Morgan fingerprint density at radius 1 is 0.377 bits per heavy atom. The first kappa shape index (κ1) is 28.4. The van der Waals surface area contributed by atoms with E-state index in [9.17, 15) is 0 Å². The molecule has 0 N–H and O–H groups in total. The van der Waals surface area contributed by atoms with Gasteiger partial charge in [-0.25, -0.2) is 15.0 Å². The lowest BCUT2D eigenvalue weighted by molar-refractivity contribution is 0.991. The predicted octanol–water partition coefficient (Wildman–Crippen LogP) is 11.4. The SMILES string of the molecule is c1ccc(-c2nc(-n3c4ccc(-n5c6ccccc6c6ccccc65)cc4c4c5ccccc5c5nc6ccccc6n5c43)nc3ccccc23)cc1. The van der Waals surface area contributed by atoms with Crippen LogP contribution in [-0.2, 0) is 0 Å². The normalized spacial score (nSPS) is 12.2. The van der Waals surface area contributed by atoms with Gasteiger partial charge in [-0.15, -0.1) is 0 Å². The molecule has 0 atom stereocenters. The molecule has 6 nitrogen and oxygen atoms in total. The highest BCUT2D eigenvalue weighted by molar-refractivity contribution is 6.24. The summed E-state index contributed by atoms with van der Waals surface area (Å²) in [5.74, 6) is 0.613. The molecule has 0 amide bonds. The number of imidazole rings is 1. The average molecular weight is 677 g/mol. The molecule has 0 saturated carbocycles. The summed E-state index contributed by atoms with van der Waals surface area (Å²) in [7, 11) is 0. The highest BCUT2D eigenvalue weighted by Gasteiger charge is 2.24. The lowest BCUT2D eigenvalue weighted by atomic mass is 10.1. The molecule has 0 radical (unpaired) electrons. The molecule has 0 aliphatic carbocycles. The van der Waals surface area contributed by atoms with Gasteiger partial charge in [0.2, 0.25) is 5.95 Å². The summed E-state index contributed by atoms with van der Waals surface area (Å²) in [6.07, 6.45) is 0. The minimum atomic E-state index is 0.613. The van der Waals surface area contributed by atoms with Crippen LogP contribution in [0.15, 0.2) is 170 Å². The van der Waals surface area contributed by atoms with Gasteiger partial charge in [-0.2, -0.15) is 0 Å². The molecule has 6 heteroatoms. The van der Waals surface area contributed by atoms with Crippen LogP contribution in [0.4, 0.5) is 0 Å². The van der Waals surface area contributed by atoms with Crippen molar-refractivity contribution in [2.75, 3.05) is 0 Å². The van der Waals surface area contributed by atoms with E-state index in [0.717, 1.165) is 77.2 Å². The van der Waals surface area contributed by atoms with Crippen molar-refractivity contribution >= 4 is 82.1 Å². The lowest BCUT2D eigenvalue weighted by Gasteiger charge is -2.13. The van der Waals surface area contributed by atoms with Gasteiger partial charge in [-0.3, -0.25) is 8.97 Å². The third-order valence-corrected chi connectivity index (χ3v) is 10.8. The van der Waals surface area contributed by atoms with Gasteiger partial charge in [0.25, 0.3) is 0 Å². The second-order valence-electron chi connectivity index (χ2n) is 13.7. The van der Waals surface area contributed by atoms with Crippen LogP contribution in [0.3, 0.4) is 0 Å². The number of rotatable bonds is 3. The summed E-state index contributed by atoms with van der Waals surface area (Å²) in [6, 6.07) is 59.9. The minimum absolute atomic E-state index is 0.613. The molecular formula is C47H28N6. The van der Waals surface area contributed by atoms with Crippen molar-refractivity contribution in [1.29, 1.82) is 0 Å². The standard InChI is InChI=1S/C47H28N6/c1-2-14-29(15-3-1)44-35-20-6-9-21-37(35)49-47(50-44)53-41-27-26-30(51-39-23-11-7-16-31(39)32-17-8-12-24-40(32)51)28-36(41)43-33-18-4-5-19-34(33)45-48-38-22-10-13-25-42(38)52(45)46(43)53/h1-28H. The summed E-state index contributed by atoms with van der Waals surface area (Å²) in [5.41, 5.74) is 11.2. The van der Waals surface area contributed by atoms with Crippen LogP contribution < -0.4 is 0 Å². The maximum Gasteiger partial charge on any atom is 0.236 e. The van der Waals surface area contributed by atoms with Crippen LogP contribution in [-0.4, -0.2) is 28.5 Å². The maximum atomic E-state index is 5.43. The van der Waals surface area contributed by atoms with Crippen LogP contribution in [0.5, 0.6) is 0 Å². The van der Waals surface area contributed by atoms with Crippen LogP contribution >= 0.6 is 0 Å². The van der Waals surface area contributed by atoms with Crippen molar-refractivity contribution in [2.24, 2.45) is 0 Å². The zero-order chi connectivity index (χ0) is 34.6. The van der Waals surface area contributed by atoms with Crippen molar-refractivity contribution in [2.45, 2.75) is 0 Å². The maximum absolute atomic E-state index is 5.43. The van der Waals surface area contributed by atoms with Crippen LogP contribution in [0.1, 0.15) is 0 Å². The number of hydrogen-bond acceptors (Lipinski definition) is 3. The highest BCUT2D eigenvalue weighted by atomic mass is 15.2. The Kier molecular flexibility index (Phi) is 5.68. The summed E-state index contributed by atoms with van der Waals surface area (Å²) in [5, 5.41) is 7.97. The Morgan fingerprint density at radius 2 is 0.962 bits per heavy atom. The van der Waals surface area contributed by atoms with Crippen molar-refractivity contribution in [3.8, 4) is 22.9 Å². The van der Waals surface area contributed by atoms with Gasteiger partial charge < -0.3 is 4.57 Å². The van der Waals surface area contributed by atoms with Gasteiger partial charge >= 0.3 is 0 Å². The molecule has 12 rings (SSSR count). The Bertz CT molecular complexity index is 3410. The monoisotopic (exact) mass is 676 g/mol. The molecule has 246 valence electrons. The van der Waals surface area contributed by atoms with E-state index in [1.807, 2.05) is 12.1 Å². The summed E-state index contributed by atoms with van der Waals surface area (Å²) >= 11 is 0. The first-order chi connectivity index (χ1) is 26.3. The van der Waals surface area contributed by atoms with Gasteiger partial charge in [0.15, 0.2) is 0 Å². The van der Waals surface area contributed by atoms with Crippen molar-refractivity contribution in [3.63, 3.8) is 0 Å². The molecular weight excluding hydrogens is 649 g/mol. The molecule has 12 aromatic rings. The smallest absolute Gasteiger partial charge is 0.236 e. The molecule has 0 unspecified atom stereocenters. The quantitative estimate of drug-likeness (QED) is 0.187. The van der Waals surface area contributed by atoms with Gasteiger partial charge in [-0.1, -0.05) is 121 Å². The van der Waals surface area contributed by atoms with Crippen molar-refractivity contribution in [3.05, 3.63) is 170 Å². The Balaban J connectivity index is 1.30. The largest absolute Gasteiger partial charge is 0.309 e. The van der Waals surface area contributed by atoms with Crippen LogP contribution in [0.2, 0.25) is 0 Å². The number of pyridine rings is 1. The first-order valence-electron chi connectivity index (χ1n) is 17.9. The number of benzene rings is 7. The van der Waals surface area contributed by atoms with Gasteiger partial charge in [0.1, 0.15) is 11.3 Å². The predicted molar refractivity (Wildman–Crippen MR) is 217 cm³/mol. The van der Waals surface area contributed by atoms with E-state index in [2.05, 4.69) is 171 Å². The molecule has 7 aromatic carbocycles. The zero-order valence-electron chi connectivity index (χ0n) is 28.3. The van der Waals surface area contributed by atoms with E-state index in [0.29, 0.717) is 5.95 Å².